The van der Waals surface area contributed by atoms with Crippen LogP contribution in [0.1, 0.15) is 23.2 Å². The highest BCUT2D eigenvalue weighted by molar-refractivity contribution is 5.98. The molecule has 1 aromatic heterocycles. The van der Waals surface area contributed by atoms with Crippen molar-refractivity contribution in [1.82, 2.24) is 4.98 Å². The van der Waals surface area contributed by atoms with Crippen LogP contribution in [0.4, 0.5) is 24.7 Å². The topological polar surface area (TPSA) is 102 Å². The van der Waals surface area contributed by atoms with Gasteiger partial charge in [0.2, 0.25) is 0 Å². The average molecular weight is 318 g/mol. The number of primary amides is 1. The Labute approximate surface area is 123 Å². The minimum Gasteiger partial charge on any atom is -0.365 e. The lowest BCUT2D eigenvalue weighted by Gasteiger charge is -2.35. The second kappa shape index (κ2) is 5.78. The number of halogens is 3. The van der Waals surface area contributed by atoms with Gasteiger partial charge >= 0.3 is 6.18 Å². The van der Waals surface area contributed by atoms with Gasteiger partial charge in [-0.1, -0.05) is 0 Å². The zero-order chi connectivity index (χ0) is 16.5. The van der Waals surface area contributed by atoms with Crippen LogP contribution in [0.5, 0.6) is 0 Å². The van der Waals surface area contributed by atoms with Crippen LogP contribution in [0.2, 0.25) is 0 Å². The van der Waals surface area contributed by atoms with Crippen LogP contribution in [-0.2, 0) is 0 Å². The number of hydrogen-bond acceptors (Lipinski definition) is 5. The van der Waals surface area contributed by atoms with Gasteiger partial charge in [-0.3, -0.25) is 14.9 Å². The van der Waals surface area contributed by atoms with Crippen LogP contribution in [0.3, 0.4) is 0 Å². The van der Waals surface area contributed by atoms with Crippen molar-refractivity contribution >= 4 is 17.4 Å². The van der Waals surface area contributed by atoms with Crippen LogP contribution < -0.4 is 10.6 Å². The van der Waals surface area contributed by atoms with Gasteiger partial charge in [0.1, 0.15) is 12.0 Å². The van der Waals surface area contributed by atoms with Gasteiger partial charge in [0.05, 0.1) is 16.4 Å². The van der Waals surface area contributed by atoms with Gasteiger partial charge in [0.25, 0.3) is 11.6 Å². The summed E-state index contributed by atoms with van der Waals surface area (Å²) in [6.45, 7) is -0.0771. The van der Waals surface area contributed by atoms with Crippen LogP contribution in [0, 0.1) is 16.0 Å². The number of nitrogens with zero attached hydrogens (tertiary/aromatic N) is 3. The average Bonchev–Trinajstić information content (AvgIpc) is 2.45. The van der Waals surface area contributed by atoms with Gasteiger partial charge in [-0.05, 0) is 12.8 Å². The number of rotatable bonds is 3. The number of piperidine rings is 1. The monoisotopic (exact) mass is 318 g/mol. The molecule has 0 aromatic carbocycles. The van der Waals surface area contributed by atoms with E-state index in [1.807, 2.05) is 0 Å². The van der Waals surface area contributed by atoms with Crippen LogP contribution in [-0.4, -0.2) is 35.1 Å². The number of pyridine rings is 1. The van der Waals surface area contributed by atoms with Gasteiger partial charge in [-0.25, -0.2) is 4.98 Å². The molecule has 0 spiro atoms. The first-order valence-electron chi connectivity index (χ1n) is 6.46. The molecule has 0 bridgehead atoms. The normalized spacial score (nSPS) is 19.0. The predicted molar refractivity (Wildman–Crippen MR) is 70.4 cm³/mol. The van der Waals surface area contributed by atoms with E-state index in [0.29, 0.717) is 0 Å². The molecule has 22 heavy (non-hydrogen) atoms. The number of alkyl halides is 3. The highest BCUT2D eigenvalue weighted by Gasteiger charge is 2.42. The summed E-state index contributed by atoms with van der Waals surface area (Å²) in [5, 5.41) is 10.7. The minimum absolute atomic E-state index is 0.00111. The van der Waals surface area contributed by atoms with E-state index in [0.717, 1.165) is 12.3 Å². The summed E-state index contributed by atoms with van der Waals surface area (Å²) in [6.07, 6.45) is -3.16. The molecule has 0 saturated carbocycles. The number of aromatic nitrogens is 1. The lowest BCUT2D eigenvalue weighted by molar-refractivity contribution is -0.385. The molecule has 0 radical (unpaired) electrons. The highest BCUT2D eigenvalue weighted by atomic mass is 19.4. The number of nitrogens with two attached hydrogens (primary N) is 1. The van der Waals surface area contributed by atoms with Crippen molar-refractivity contribution in [2.45, 2.75) is 19.0 Å². The number of hydrogen-bond donors (Lipinski definition) is 1. The molecule has 1 saturated heterocycles. The zero-order valence-corrected chi connectivity index (χ0v) is 11.3. The Kier molecular flexibility index (Phi) is 4.20. The summed E-state index contributed by atoms with van der Waals surface area (Å²) in [4.78, 5) is 26.4. The molecule has 1 atom stereocenters. The Morgan fingerprint density at radius 2 is 2.18 bits per heavy atom. The Morgan fingerprint density at radius 1 is 1.50 bits per heavy atom. The fraction of sp³-hybridized carbons (Fsp3) is 0.500. The summed E-state index contributed by atoms with van der Waals surface area (Å²) in [5.74, 6) is -2.55. The third-order valence-electron chi connectivity index (χ3n) is 3.51. The first kappa shape index (κ1) is 16.0. The van der Waals surface area contributed by atoms with Crippen molar-refractivity contribution < 1.29 is 22.9 Å². The maximum atomic E-state index is 12.8. The molecule has 10 heteroatoms. The lowest BCUT2D eigenvalue weighted by atomic mass is 9.97. The Hall–Kier alpha value is -2.39. The third-order valence-corrected chi connectivity index (χ3v) is 3.51. The molecule has 7 nitrogen and oxygen atoms in total. The van der Waals surface area contributed by atoms with Crippen molar-refractivity contribution in [2.24, 2.45) is 11.7 Å². The lowest BCUT2D eigenvalue weighted by Crippen LogP contribution is -2.42. The van der Waals surface area contributed by atoms with E-state index in [2.05, 4.69) is 4.98 Å². The molecule has 0 unspecified atom stereocenters. The van der Waals surface area contributed by atoms with E-state index in [1.54, 1.807) is 0 Å². The maximum absolute atomic E-state index is 12.8. The SMILES string of the molecule is NC(=O)c1cc([N+](=O)[O-])cnc1N1CCC[C@H](C(F)(F)F)C1. The Bertz CT molecular complexity index is 606. The summed E-state index contributed by atoms with van der Waals surface area (Å²) in [7, 11) is 0. The van der Waals surface area contributed by atoms with E-state index in [4.69, 9.17) is 5.73 Å². The molecule has 1 aromatic rings. The molecular formula is C12H13F3N4O3. The minimum atomic E-state index is -4.34. The molecule has 2 N–H and O–H groups in total. The van der Waals surface area contributed by atoms with Gasteiger partial charge in [0.15, 0.2) is 0 Å². The molecule has 1 fully saturated rings. The predicted octanol–water partition coefficient (Wildman–Crippen LogP) is 1.87. The molecule has 2 rings (SSSR count). The van der Waals surface area contributed by atoms with Gasteiger partial charge in [-0.15, -0.1) is 0 Å². The van der Waals surface area contributed by atoms with E-state index < -0.39 is 28.6 Å². The zero-order valence-electron chi connectivity index (χ0n) is 11.3. The van der Waals surface area contributed by atoms with E-state index >= 15 is 0 Å². The first-order valence-corrected chi connectivity index (χ1v) is 6.46. The first-order chi connectivity index (χ1) is 10.2. The Morgan fingerprint density at radius 3 is 2.73 bits per heavy atom. The molecular weight excluding hydrogens is 305 g/mol. The van der Waals surface area contributed by atoms with Crippen molar-refractivity contribution in [3.05, 3.63) is 27.9 Å². The van der Waals surface area contributed by atoms with Crippen LogP contribution in [0.25, 0.3) is 0 Å². The van der Waals surface area contributed by atoms with Crippen molar-refractivity contribution in [3.63, 3.8) is 0 Å². The third kappa shape index (κ3) is 3.26. The quantitative estimate of drug-likeness (QED) is 0.677. The fourth-order valence-electron chi connectivity index (χ4n) is 2.42. The number of carbonyl (C=O) groups excluding carboxylic acids is 1. The summed E-state index contributed by atoms with van der Waals surface area (Å²) < 4.78 is 38.5. The van der Waals surface area contributed by atoms with Crippen molar-refractivity contribution in [3.8, 4) is 0 Å². The number of carbonyl (C=O) groups is 1. The fourth-order valence-corrected chi connectivity index (χ4v) is 2.42. The van der Waals surface area contributed by atoms with Crippen molar-refractivity contribution in [2.75, 3.05) is 18.0 Å². The van der Waals surface area contributed by atoms with Crippen LogP contribution in [0.15, 0.2) is 12.3 Å². The standard InChI is InChI=1S/C12H13F3N4O3/c13-12(14,15)7-2-1-3-18(6-7)11-9(10(16)20)4-8(5-17-11)19(21)22/h4-5,7H,1-3,6H2,(H2,16,20)/t7-/m0/s1. The summed E-state index contributed by atoms with van der Waals surface area (Å²) in [5.41, 5.74) is 4.46. The van der Waals surface area contributed by atoms with Crippen LogP contribution >= 0.6 is 0 Å². The van der Waals surface area contributed by atoms with Gasteiger partial charge < -0.3 is 10.6 Å². The van der Waals surface area contributed by atoms with E-state index in [-0.39, 0.29) is 37.3 Å². The second-order valence-electron chi connectivity index (χ2n) is 5.01. The largest absolute Gasteiger partial charge is 0.393 e. The van der Waals surface area contributed by atoms with Gasteiger partial charge in [0, 0.05) is 19.2 Å². The second-order valence-corrected chi connectivity index (χ2v) is 5.01. The van der Waals surface area contributed by atoms with E-state index in [9.17, 15) is 28.1 Å². The molecule has 1 amide bonds. The maximum Gasteiger partial charge on any atom is 0.393 e. The highest BCUT2D eigenvalue weighted by Crippen LogP contribution is 2.35. The summed E-state index contributed by atoms with van der Waals surface area (Å²) in [6, 6.07) is 0.932. The molecule has 1 aliphatic heterocycles. The number of nitro groups is 1. The summed E-state index contributed by atoms with van der Waals surface area (Å²) >= 11 is 0. The Balaban J connectivity index is 2.35. The molecule has 120 valence electrons. The smallest absolute Gasteiger partial charge is 0.365 e. The molecule has 1 aliphatic rings. The van der Waals surface area contributed by atoms with E-state index in [1.165, 1.54) is 4.90 Å². The van der Waals surface area contributed by atoms with Crippen molar-refractivity contribution in [1.29, 1.82) is 0 Å². The number of anilines is 1. The molecule has 2 heterocycles. The van der Waals surface area contributed by atoms with Gasteiger partial charge in [-0.2, -0.15) is 13.2 Å². The molecule has 0 aliphatic carbocycles. The number of amides is 1.